The number of nitrogen functional groups attached to an aromatic ring is 1. The van der Waals surface area contributed by atoms with Gasteiger partial charge in [0.15, 0.2) is 5.82 Å². The first kappa shape index (κ1) is 24.1. The second kappa shape index (κ2) is 9.55. The molecule has 178 valence electrons. The molecule has 1 unspecified atom stereocenters. The summed E-state index contributed by atoms with van der Waals surface area (Å²) in [5.41, 5.74) is 4.25. The maximum Gasteiger partial charge on any atom is 0.508 e. The lowest BCUT2D eigenvalue weighted by molar-refractivity contribution is -0.143. The van der Waals surface area contributed by atoms with Gasteiger partial charge in [-0.3, -0.25) is 9.69 Å². The lowest BCUT2D eigenvalue weighted by atomic mass is 9.92. The molecule has 5 atom stereocenters. The predicted octanol–water partition coefficient (Wildman–Crippen LogP) is -1.29. The molecule has 1 saturated heterocycles. The highest BCUT2D eigenvalue weighted by Gasteiger charge is 2.57. The normalized spacial score (nSPS) is 25.6. The van der Waals surface area contributed by atoms with Crippen molar-refractivity contribution in [1.29, 1.82) is 5.26 Å². The molecule has 0 aliphatic carbocycles. The number of aliphatic carboxylic acids is 1. The van der Waals surface area contributed by atoms with Crippen LogP contribution in [0, 0.1) is 11.3 Å². The summed E-state index contributed by atoms with van der Waals surface area (Å²) in [5.74, 6) is -0.925. The van der Waals surface area contributed by atoms with Gasteiger partial charge in [0.2, 0.25) is 5.60 Å². The Bertz CT molecular complexity index is 1070. The number of hydrogen-bond acceptors (Lipinski definition) is 12. The van der Waals surface area contributed by atoms with Crippen LogP contribution in [0.2, 0.25) is 0 Å². The van der Waals surface area contributed by atoms with E-state index in [4.69, 9.17) is 25.1 Å². The van der Waals surface area contributed by atoms with Crippen molar-refractivity contribution in [3.05, 3.63) is 24.2 Å². The number of rotatable bonds is 8. The molecule has 1 aliphatic rings. The van der Waals surface area contributed by atoms with Crippen LogP contribution in [0.3, 0.4) is 0 Å². The Morgan fingerprint density at radius 2 is 2.12 bits per heavy atom. The van der Waals surface area contributed by atoms with E-state index < -0.39 is 48.7 Å². The second-order valence-electron chi connectivity index (χ2n) is 7.62. The molecule has 3 heterocycles. The van der Waals surface area contributed by atoms with Crippen molar-refractivity contribution in [1.82, 2.24) is 19.5 Å². The third-order valence-corrected chi connectivity index (χ3v) is 5.37. The Morgan fingerprint density at radius 3 is 2.76 bits per heavy atom. The average Bonchev–Trinajstić information content (AvgIpc) is 3.31. The van der Waals surface area contributed by atoms with Gasteiger partial charge in [-0.15, -0.1) is 0 Å². The molecule has 14 nitrogen and oxygen atoms in total. The van der Waals surface area contributed by atoms with Crippen LogP contribution in [0.25, 0.3) is 5.52 Å². The molecule has 2 aromatic rings. The van der Waals surface area contributed by atoms with Crippen LogP contribution in [-0.2, 0) is 24.6 Å². The van der Waals surface area contributed by atoms with E-state index in [1.165, 1.54) is 21.5 Å². The summed E-state index contributed by atoms with van der Waals surface area (Å²) in [6.07, 6.45) is -4.46. The fourth-order valence-corrected chi connectivity index (χ4v) is 3.60. The minimum atomic E-state index is -2.02. The number of likely N-dealkylation sites (N-methyl/N-ethyl adjacent to an activating group) is 1. The van der Waals surface area contributed by atoms with E-state index in [1.807, 2.05) is 6.07 Å². The van der Waals surface area contributed by atoms with Crippen LogP contribution >= 0.6 is 0 Å². The molecule has 2 aromatic heterocycles. The van der Waals surface area contributed by atoms with Crippen LogP contribution < -0.4 is 5.73 Å². The number of carbonyl (C=O) groups is 2. The van der Waals surface area contributed by atoms with Crippen molar-refractivity contribution >= 4 is 23.5 Å². The highest BCUT2D eigenvalue weighted by Crippen LogP contribution is 2.40. The summed E-state index contributed by atoms with van der Waals surface area (Å²) >= 11 is 0. The maximum absolute atomic E-state index is 11.9. The zero-order valence-corrected chi connectivity index (χ0v) is 17.9. The van der Waals surface area contributed by atoms with E-state index >= 15 is 0 Å². The summed E-state index contributed by atoms with van der Waals surface area (Å²) in [7, 11) is 3.16. The quantitative estimate of drug-likeness (QED) is 0.336. The second-order valence-corrected chi connectivity index (χ2v) is 7.62. The number of fused-ring (bicyclic) bond motifs is 1. The Balaban J connectivity index is 1.65. The van der Waals surface area contributed by atoms with Crippen LogP contribution in [0.4, 0.5) is 10.6 Å². The Kier molecular flexibility index (Phi) is 6.98. The van der Waals surface area contributed by atoms with Gasteiger partial charge < -0.3 is 35.3 Å². The molecule has 1 aliphatic heterocycles. The predicted molar refractivity (Wildman–Crippen MR) is 109 cm³/mol. The number of hydrogen-bond donors (Lipinski definition) is 4. The summed E-state index contributed by atoms with van der Waals surface area (Å²) in [4.78, 5) is 28.3. The van der Waals surface area contributed by atoms with Gasteiger partial charge in [0, 0.05) is 6.42 Å². The molecule has 3 rings (SSSR count). The molecular weight excluding hydrogens is 440 g/mol. The fraction of sp³-hybridized carbons (Fsp3) is 0.526. The Labute approximate surface area is 187 Å². The third kappa shape index (κ3) is 4.52. The average molecular weight is 464 g/mol. The van der Waals surface area contributed by atoms with Crippen molar-refractivity contribution in [2.45, 2.75) is 36.4 Å². The number of carboxylic acids is 1. The highest BCUT2D eigenvalue weighted by atomic mass is 16.7. The summed E-state index contributed by atoms with van der Waals surface area (Å²) in [6.45, 7) is -0.749. The van der Waals surface area contributed by atoms with E-state index in [2.05, 4.69) is 10.1 Å². The third-order valence-electron chi connectivity index (χ3n) is 5.37. The highest BCUT2D eigenvalue weighted by molar-refractivity contribution is 5.73. The summed E-state index contributed by atoms with van der Waals surface area (Å²) < 4.78 is 16.7. The number of nitriles is 1. The van der Waals surface area contributed by atoms with Gasteiger partial charge >= 0.3 is 12.1 Å². The van der Waals surface area contributed by atoms with E-state index in [0.29, 0.717) is 5.52 Å². The lowest BCUT2D eigenvalue weighted by Gasteiger charge is -2.24. The van der Waals surface area contributed by atoms with Crippen molar-refractivity contribution in [3.63, 3.8) is 0 Å². The smallest absolute Gasteiger partial charge is 0.480 e. The monoisotopic (exact) mass is 464 g/mol. The van der Waals surface area contributed by atoms with E-state index in [0.717, 1.165) is 6.33 Å². The number of anilines is 1. The number of nitrogens with two attached hydrogens (primary N) is 1. The van der Waals surface area contributed by atoms with E-state index in [9.17, 15) is 25.1 Å². The molecular formula is C19H24N6O8. The molecule has 0 amide bonds. The van der Waals surface area contributed by atoms with Crippen molar-refractivity contribution in [2.24, 2.45) is 0 Å². The van der Waals surface area contributed by atoms with E-state index in [1.54, 1.807) is 14.1 Å². The number of ether oxygens (including phenoxy) is 3. The topological polar surface area (TPSA) is 206 Å². The van der Waals surface area contributed by atoms with Crippen LogP contribution in [0.15, 0.2) is 18.5 Å². The van der Waals surface area contributed by atoms with Crippen LogP contribution in [0.5, 0.6) is 0 Å². The van der Waals surface area contributed by atoms with Crippen molar-refractivity contribution < 1.29 is 39.1 Å². The van der Waals surface area contributed by atoms with E-state index in [-0.39, 0.29) is 24.5 Å². The number of carbonyl (C=O) groups excluding carboxylic acids is 1. The van der Waals surface area contributed by atoms with Gasteiger partial charge in [0.25, 0.3) is 0 Å². The maximum atomic E-state index is 11.9. The summed E-state index contributed by atoms with van der Waals surface area (Å²) in [5, 5.41) is 44.1. The Morgan fingerprint density at radius 1 is 1.39 bits per heavy atom. The van der Waals surface area contributed by atoms with Gasteiger partial charge in [-0.2, -0.15) is 10.4 Å². The van der Waals surface area contributed by atoms with Gasteiger partial charge in [-0.05, 0) is 26.2 Å². The number of aliphatic hydroxyl groups excluding tert-OH is 2. The van der Waals surface area contributed by atoms with Crippen LogP contribution in [-0.4, -0.2) is 98.6 Å². The molecule has 0 spiro atoms. The lowest BCUT2D eigenvalue weighted by Crippen LogP contribution is -2.41. The van der Waals surface area contributed by atoms with Gasteiger partial charge in [0.1, 0.15) is 48.9 Å². The molecule has 33 heavy (non-hydrogen) atoms. The molecule has 5 N–H and O–H groups in total. The minimum absolute atomic E-state index is 0.0303. The summed E-state index contributed by atoms with van der Waals surface area (Å²) in [6, 6.07) is 4.01. The van der Waals surface area contributed by atoms with Gasteiger partial charge in [0.05, 0.1) is 12.3 Å². The number of carboxylic acid groups (broad SMARTS) is 1. The van der Waals surface area contributed by atoms with Gasteiger partial charge in [-0.25, -0.2) is 14.3 Å². The number of nitrogens with zero attached hydrogens (tertiary/aromatic N) is 5. The largest absolute Gasteiger partial charge is 0.508 e. The Hall–Kier alpha value is -3.51. The zero-order chi connectivity index (χ0) is 24.3. The molecule has 0 aromatic carbocycles. The SMILES string of the molecule is CN(C)C(CCOC(=O)OC[C@H]1O[C@@](C#N)(c2ccc3c(N)ncnn23)[C@H](O)[C@@H]1O)C(=O)O. The molecule has 0 bridgehead atoms. The molecule has 1 fully saturated rings. The molecule has 0 saturated carbocycles. The van der Waals surface area contributed by atoms with Gasteiger partial charge in [-0.1, -0.05) is 0 Å². The number of aliphatic hydroxyl groups is 2. The first-order valence-corrected chi connectivity index (χ1v) is 9.85. The van der Waals surface area contributed by atoms with Crippen molar-refractivity contribution in [3.8, 4) is 6.07 Å². The first-order chi connectivity index (χ1) is 15.6. The molecule has 0 radical (unpaired) electrons. The van der Waals surface area contributed by atoms with Crippen LogP contribution in [0.1, 0.15) is 12.1 Å². The number of aromatic nitrogens is 3. The molecule has 14 heteroatoms. The fourth-order valence-electron chi connectivity index (χ4n) is 3.60. The van der Waals surface area contributed by atoms with Crippen molar-refractivity contribution in [2.75, 3.05) is 33.0 Å². The zero-order valence-electron chi connectivity index (χ0n) is 17.9. The standard InChI is InChI=1S/C19H24N6O8/c1-24(2)11(17(28)29)5-6-31-18(30)32-7-12-14(26)15(27)19(8-20,33-12)13-4-3-10-16(21)22-9-23-25(10)13/h3-4,9,11-12,14-15,26-27H,5-7H2,1-2H3,(H,28,29)(H2,21,22,23)/t11?,12-,14-,15-,19+/m1/s1. The minimum Gasteiger partial charge on any atom is -0.480 e. The first-order valence-electron chi connectivity index (χ1n) is 9.85.